The summed E-state index contributed by atoms with van der Waals surface area (Å²) in [5, 5.41) is 3.37. The van der Waals surface area contributed by atoms with Gasteiger partial charge in [0.25, 0.3) is 0 Å². The van der Waals surface area contributed by atoms with Crippen molar-refractivity contribution in [2.45, 2.75) is 39.3 Å². The first kappa shape index (κ1) is 17.8. The van der Waals surface area contributed by atoms with Crippen molar-refractivity contribution in [2.75, 3.05) is 14.1 Å². The van der Waals surface area contributed by atoms with E-state index >= 15 is 0 Å². The Balaban J connectivity index is 2.83. The Morgan fingerprint density at radius 1 is 1.35 bits per heavy atom. The molecule has 0 aliphatic rings. The van der Waals surface area contributed by atoms with Gasteiger partial charge in [-0.2, -0.15) is 0 Å². The van der Waals surface area contributed by atoms with Crippen molar-refractivity contribution in [1.29, 1.82) is 0 Å². The lowest BCUT2D eigenvalue weighted by molar-refractivity contribution is -0.131. The summed E-state index contributed by atoms with van der Waals surface area (Å²) in [6, 6.07) is 1.63. The fourth-order valence-corrected chi connectivity index (χ4v) is 3.71. The van der Waals surface area contributed by atoms with Gasteiger partial charge in [0.1, 0.15) is 0 Å². The summed E-state index contributed by atoms with van der Waals surface area (Å²) in [7, 11) is 3.55. The van der Waals surface area contributed by atoms with E-state index in [1.54, 1.807) is 19.0 Å². The Hall–Kier alpha value is -0.290. The minimum atomic E-state index is -0.213. The average molecular weight is 337 g/mol. The molecule has 1 aromatic heterocycles. The van der Waals surface area contributed by atoms with Crippen LogP contribution in [0.1, 0.15) is 38.8 Å². The summed E-state index contributed by atoms with van der Waals surface area (Å²) in [6.45, 7) is 6.22. The zero-order valence-corrected chi connectivity index (χ0v) is 14.9. The molecular weight excluding hydrogens is 315 g/mol. The molecule has 0 fully saturated rings. The van der Waals surface area contributed by atoms with E-state index in [4.69, 9.17) is 23.2 Å². The second kappa shape index (κ2) is 7.64. The van der Waals surface area contributed by atoms with Crippen molar-refractivity contribution in [2.24, 2.45) is 5.92 Å². The van der Waals surface area contributed by atoms with E-state index in [-0.39, 0.29) is 18.0 Å². The number of hydrogen-bond donors (Lipinski definition) is 1. The zero-order chi connectivity index (χ0) is 15.4. The minimum Gasteiger partial charge on any atom is -0.347 e. The summed E-state index contributed by atoms with van der Waals surface area (Å²) in [6.07, 6.45) is 0.789. The molecule has 0 saturated carbocycles. The predicted molar refractivity (Wildman–Crippen MR) is 87.8 cm³/mol. The Bertz CT molecular complexity index is 460. The van der Waals surface area contributed by atoms with Crippen molar-refractivity contribution < 1.29 is 4.79 Å². The number of nitrogens with one attached hydrogen (secondary N) is 1. The molecule has 2 unspecified atom stereocenters. The maximum absolute atomic E-state index is 12.2. The number of carbonyl (C=O) groups excluding carboxylic acids is 1. The highest BCUT2D eigenvalue weighted by atomic mass is 35.5. The summed E-state index contributed by atoms with van der Waals surface area (Å²) in [4.78, 5) is 13.9. The fourth-order valence-electron chi connectivity index (χ4n) is 2.06. The Labute approximate surface area is 135 Å². The standard InChI is InChI=1S/C14H22Cl2N2OS/c1-8(2)6-11(14(19)18(4)5)17-9(3)10-7-12(15)20-13(10)16/h7-9,11,17H,6H2,1-5H3. The monoisotopic (exact) mass is 336 g/mol. The highest BCUT2D eigenvalue weighted by Gasteiger charge is 2.24. The van der Waals surface area contributed by atoms with Gasteiger partial charge in [0.05, 0.1) is 14.7 Å². The minimum absolute atomic E-state index is 0.0149. The van der Waals surface area contributed by atoms with Gasteiger partial charge in [-0.05, 0) is 30.9 Å². The average Bonchev–Trinajstić information content (AvgIpc) is 2.65. The first-order valence-corrected chi connectivity index (χ1v) is 8.21. The van der Waals surface area contributed by atoms with Crippen LogP contribution in [0.5, 0.6) is 0 Å². The van der Waals surface area contributed by atoms with Crippen LogP contribution < -0.4 is 5.32 Å². The lowest BCUT2D eigenvalue weighted by Gasteiger charge is -2.26. The number of halogens is 2. The van der Waals surface area contributed by atoms with Gasteiger partial charge in [0.15, 0.2) is 0 Å². The van der Waals surface area contributed by atoms with E-state index in [2.05, 4.69) is 19.2 Å². The fraction of sp³-hybridized carbons (Fsp3) is 0.643. The number of rotatable bonds is 6. The molecule has 1 amide bonds. The molecule has 114 valence electrons. The van der Waals surface area contributed by atoms with Crippen LogP contribution in [0.3, 0.4) is 0 Å². The molecule has 0 saturated heterocycles. The number of amides is 1. The van der Waals surface area contributed by atoms with Crippen LogP contribution in [0.4, 0.5) is 0 Å². The molecular formula is C14H22Cl2N2OS. The number of hydrogen-bond acceptors (Lipinski definition) is 3. The van der Waals surface area contributed by atoms with Crippen LogP contribution in [0.25, 0.3) is 0 Å². The smallest absolute Gasteiger partial charge is 0.239 e. The van der Waals surface area contributed by atoms with Crippen molar-refractivity contribution in [3.8, 4) is 0 Å². The molecule has 0 spiro atoms. The van der Waals surface area contributed by atoms with Gasteiger partial charge in [-0.1, -0.05) is 37.0 Å². The van der Waals surface area contributed by atoms with Crippen molar-refractivity contribution in [3.05, 3.63) is 20.3 Å². The molecule has 2 atom stereocenters. The van der Waals surface area contributed by atoms with E-state index in [1.807, 2.05) is 13.0 Å². The molecule has 1 N–H and O–H groups in total. The van der Waals surface area contributed by atoms with E-state index < -0.39 is 0 Å². The number of likely N-dealkylation sites (N-methyl/N-ethyl adjacent to an activating group) is 1. The molecule has 0 bridgehead atoms. The highest BCUT2D eigenvalue weighted by Crippen LogP contribution is 2.35. The zero-order valence-electron chi connectivity index (χ0n) is 12.5. The number of carbonyl (C=O) groups is 1. The van der Waals surface area contributed by atoms with E-state index in [0.29, 0.717) is 14.6 Å². The van der Waals surface area contributed by atoms with Gasteiger partial charge in [-0.3, -0.25) is 10.1 Å². The van der Waals surface area contributed by atoms with Crippen molar-refractivity contribution >= 4 is 40.4 Å². The number of thiophene rings is 1. The molecule has 0 aromatic carbocycles. The molecule has 0 aliphatic heterocycles. The second-order valence-corrected chi connectivity index (χ2v) is 7.87. The van der Waals surface area contributed by atoms with Gasteiger partial charge in [-0.15, -0.1) is 11.3 Å². The van der Waals surface area contributed by atoms with E-state index in [9.17, 15) is 4.79 Å². The first-order valence-electron chi connectivity index (χ1n) is 6.64. The summed E-state index contributed by atoms with van der Waals surface area (Å²) in [5.41, 5.74) is 0.946. The van der Waals surface area contributed by atoms with Gasteiger partial charge in [-0.25, -0.2) is 0 Å². The highest BCUT2D eigenvalue weighted by molar-refractivity contribution is 7.20. The molecule has 0 aliphatic carbocycles. The maximum Gasteiger partial charge on any atom is 0.239 e. The topological polar surface area (TPSA) is 32.3 Å². The third-order valence-corrected chi connectivity index (χ3v) is 4.56. The Kier molecular flexibility index (Phi) is 6.79. The van der Waals surface area contributed by atoms with Gasteiger partial charge in [0, 0.05) is 20.1 Å². The molecule has 1 heterocycles. The quantitative estimate of drug-likeness (QED) is 0.843. The van der Waals surface area contributed by atoms with E-state index in [0.717, 1.165) is 12.0 Å². The molecule has 3 nitrogen and oxygen atoms in total. The molecule has 20 heavy (non-hydrogen) atoms. The summed E-state index contributed by atoms with van der Waals surface area (Å²) in [5.74, 6) is 0.521. The predicted octanol–water partition coefficient (Wildman–Crippen LogP) is 4.21. The van der Waals surface area contributed by atoms with Gasteiger partial charge in [0.2, 0.25) is 5.91 Å². The van der Waals surface area contributed by atoms with Crippen LogP contribution in [0, 0.1) is 5.92 Å². The van der Waals surface area contributed by atoms with Crippen LogP contribution in [-0.4, -0.2) is 30.9 Å². The number of nitrogens with zero attached hydrogens (tertiary/aromatic N) is 1. The summed E-state index contributed by atoms with van der Waals surface area (Å²) < 4.78 is 1.34. The third kappa shape index (κ3) is 4.92. The molecule has 6 heteroatoms. The van der Waals surface area contributed by atoms with Crippen LogP contribution in [-0.2, 0) is 4.79 Å². The maximum atomic E-state index is 12.2. The second-order valence-electron chi connectivity index (χ2n) is 5.58. The van der Waals surface area contributed by atoms with Crippen LogP contribution >= 0.6 is 34.5 Å². The van der Waals surface area contributed by atoms with Gasteiger partial charge >= 0.3 is 0 Å². The molecule has 1 aromatic rings. The Morgan fingerprint density at radius 2 is 1.95 bits per heavy atom. The van der Waals surface area contributed by atoms with Crippen molar-refractivity contribution in [3.63, 3.8) is 0 Å². The first-order chi connectivity index (χ1) is 9.22. The van der Waals surface area contributed by atoms with Crippen LogP contribution in [0.15, 0.2) is 6.07 Å². The Morgan fingerprint density at radius 3 is 2.35 bits per heavy atom. The summed E-state index contributed by atoms with van der Waals surface area (Å²) >= 11 is 13.5. The lowest BCUT2D eigenvalue weighted by Crippen LogP contribution is -2.45. The van der Waals surface area contributed by atoms with E-state index in [1.165, 1.54) is 11.3 Å². The normalized spacial score (nSPS) is 14.4. The molecule has 1 rings (SSSR count). The van der Waals surface area contributed by atoms with Crippen LogP contribution in [0.2, 0.25) is 8.67 Å². The van der Waals surface area contributed by atoms with Gasteiger partial charge < -0.3 is 4.90 Å². The van der Waals surface area contributed by atoms with Crippen molar-refractivity contribution in [1.82, 2.24) is 10.2 Å². The lowest BCUT2D eigenvalue weighted by atomic mass is 10.0. The molecule has 0 radical (unpaired) electrons. The SMILES string of the molecule is CC(C)CC(NC(C)c1cc(Cl)sc1Cl)C(=O)N(C)C. The largest absolute Gasteiger partial charge is 0.347 e. The third-order valence-electron chi connectivity index (χ3n) is 3.05.